The Bertz CT molecular complexity index is 394. The topological polar surface area (TPSA) is 39.2 Å². The van der Waals surface area contributed by atoms with E-state index < -0.39 is 0 Å². The zero-order valence-electron chi connectivity index (χ0n) is 5.67. The molecule has 0 spiro atoms. The number of hydrogen-bond acceptors (Lipinski definition) is 2. The predicted molar refractivity (Wildman–Crippen MR) is 53.3 cm³/mol. The van der Waals surface area contributed by atoms with Crippen LogP contribution < -0.4 is 5.73 Å². The Morgan fingerprint density at radius 1 is 1.36 bits per heavy atom. The molecular weight excluding hydrogens is 253 g/mol. The summed E-state index contributed by atoms with van der Waals surface area (Å²) < 4.78 is 6.23. The van der Waals surface area contributed by atoms with Gasteiger partial charge in [-0.15, -0.1) is 0 Å². The van der Waals surface area contributed by atoms with E-state index in [1.165, 1.54) is 0 Å². The summed E-state index contributed by atoms with van der Waals surface area (Å²) in [5, 5.41) is 1.06. The van der Waals surface area contributed by atoms with Gasteiger partial charge in [0.1, 0.15) is 0 Å². The molecule has 1 aromatic heterocycles. The van der Waals surface area contributed by atoms with Crippen LogP contribution in [0.5, 0.6) is 0 Å². The minimum absolute atomic E-state index is 0.699. The van der Waals surface area contributed by atoms with E-state index in [9.17, 15) is 0 Å². The van der Waals surface area contributed by atoms with Crippen molar-refractivity contribution in [2.24, 2.45) is 0 Å². The summed E-state index contributed by atoms with van der Waals surface area (Å²) in [5.74, 6) is 0. The number of halogens is 1. The van der Waals surface area contributed by atoms with Crippen LogP contribution in [0.1, 0.15) is 0 Å². The first-order valence-electron chi connectivity index (χ1n) is 3.21. The Morgan fingerprint density at radius 3 is 2.91 bits per heavy atom. The van der Waals surface area contributed by atoms with Gasteiger partial charge >= 0.3 is 0 Å². The summed E-state index contributed by atoms with van der Waals surface area (Å²) in [4.78, 5) is 0. The van der Waals surface area contributed by atoms with Gasteiger partial charge in [-0.1, -0.05) is 12.1 Å². The number of rotatable bonds is 0. The SMILES string of the molecule is Nc1cccc2cc(I)oc12. The first-order valence-corrected chi connectivity index (χ1v) is 4.29. The Kier molecular flexibility index (Phi) is 1.52. The van der Waals surface area contributed by atoms with Gasteiger partial charge in [0, 0.05) is 5.39 Å². The highest BCUT2D eigenvalue weighted by atomic mass is 127. The molecule has 11 heavy (non-hydrogen) atoms. The third-order valence-corrected chi connectivity index (χ3v) is 2.08. The van der Waals surface area contributed by atoms with Gasteiger partial charge < -0.3 is 10.2 Å². The first-order chi connectivity index (χ1) is 5.27. The Morgan fingerprint density at radius 2 is 2.18 bits per heavy atom. The molecule has 0 fully saturated rings. The summed E-state index contributed by atoms with van der Waals surface area (Å²) in [6.07, 6.45) is 0. The summed E-state index contributed by atoms with van der Waals surface area (Å²) >= 11 is 2.13. The van der Waals surface area contributed by atoms with Crippen LogP contribution in [0.2, 0.25) is 0 Å². The van der Waals surface area contributed by atoms with E-state index in [-0.39, 0.29) is 0 Å². The molecule has 1 heterocycles. The smallest absolute Gasteiger partial charge is 0.165 e. The lowest BCUT2D eigenvalue weighted by Crippen LogP contribution is -1.82. The molecule has 0 aliphatic heterocycles. The van der Waals surface area contributed by atoms with Crippen LogP contribution >= 0.6 is 22.6 Å². The molecule has 0 unspecified atom stereocenters. The van der Waals surface area contributed by atoms with Crippen molar-refractivity contribution in [1.82, 2.24) is 0 Å². The zero-order valence-corrected chi connectivity index (χ0v) is 7.83. The molecule has 0 saturated carbocycles. The van der Waals surface area contributed by atoms with Crippen molar-refractivity contribution in [3.63, 3.8) is 0 Å². The van der Waals surface area contributed by atoms with Gasteiger partial charge in [-0.05, 0) is 34.7 Å². The van der Waals surface area contributed by atoms with Crippen LogP contribution in [0.3, 0.4) is 0 Å². The number of fused-ring (bicyclic) bond motifs is 1. The summed E-state index contributed by atoms with van der Waals surface area (Å²) in [5.41, 5.74) is 7.16. The minimum atomic E-state index is 0.699. The second-order valence-corrected chi connectivity index (χ2v) is 3.38. The monoisotopic (exact) mass is 259 g/mol. The highest BCUT2D eigenvalue weighted by molar-refractivity contribution is 14.1. The molecule has 2 aromatic rings. The van der Waals surface area contributed by atoms with Crippen molar-refractivity contribution < 1.29 is 4.42 Å². The lowest BCUT2D eigenvalue weighted by atomic mass is 10.2. The second-order valence-electron chi connectivity index (χ2n) is 2.32. The first kappa shape index (κ1) is 6.97. The summed E-state index contributed by atoms with van der Waals surface area (Å²) in [6.45, 7) is 0. The maximum absolute atomic E-state index is 5.67. The predicted octanol–water partition coefficient (Wildman–Crippen LogP) is 2.62. The highest BCUT2D eigenvalue weighted by Gasteiger charge is 2.02. The fourth-order valence-electron chi connectivity index (χ4n) is 1.05. The fraction of sp³-hybridized carbons (Fsp3) is 0. The van der Waals surface area contributed by atoms with Crippen molar-refractivity contribution in [3.05, 3.63) is 28.0 Å². The van der Waals surface area contributed by atoms with Gasteiger partial charge in [-0.3, -0.25) is 0 Å². The summed E-state index contributed by atoms with van der Waals surface area (Å²) in [7, 11) is 0. The van der Waals surface area contributed by atoms with E-state index in [1.807, 2.05) is 24.3 Å². The standard InChI is InChI=1S/C8H6INO/c9-7-4-5-2-1-3-6(10)8(5)11-7/h1-4H,10H2. The average molecular weight is 259 g/mol. The average Bonchev–Trinajstić information content (AvgIpc) is 2.31. The number of nitrogen functional groups attached to an aromatic ring is 1. The van der Waals surface area contributed by atoms with Crippen molar-refractivity contribution in [2.45, 2.75) is 0 Å². The van der Waals surface area contributed by atoms with E-state index >= 15 is 0 Å². The van der Waals surface area contributed by atoms with E-state index in [4.69, 9.17) is 10.2 Å². The lowest BCUT2D eigenvalue weighted by molar-refractivity contribution is 0.585. The van der Waals surface area contributed by atoms with Crippen LogP contribution in [-0.2, 0) is 0 Å². The molecule has 2 rings (SSSR count). The van der Waals surface area contributed by atoms with Gasteiger partial charge in [0.15, 0.2) is 9.35 Å². The molecule has 0 saturated heterocycles. The molecule has 3 heteroatoms. The van der Waals surface area contributed by atoms with Crippen molar-refractivity contribution in [2.75, 3.05) is 5.73 Å². The number of nitrogens with two attached hydrogens (primary N) is 1. The van der Waals surface area contributed by atoms with Crippen molar-refractivity contribution >= 4 is 39.2 Å². The number of hydrogen-bond donors (Lipinski definition) is 1. The molecule has 0 aliphatic rings. The molecule has 0 radical (unpaired) electrons. The van der Waals surface area contributed by atoms with Crippen LogP contribution in [0.25, 0.3) is 11.0 Å². The van der Waals surface area contributed by atoms with E-state index in [0.717, 1.165) is 14.7 Å². The largest absolute Gasteiger partial charge is 0.448 e. The maximum Gasteiger partial charge on any atom is 0.165 e. The van der Waals surface area contributed by atoms with Gasteiger partial charge in [-0.25, -0.2) is 0 Å². The number of furan rings is 1. The van der Waals surface area contributed by atoms with E-state index in [1.54, 1.807) is 0 Å². The van der Waals surface area contributed by atoms with Crippen LogP contribution in [0.15, 0.2) is 28.7 Å². The summed E-state index contributed by atoms with van der Waals surface area (Å²) in [6, 6.07) is 7.70. The number of para-hydroxylation sites is 1. The third kappa shape index (κ3) is 1.09. The molecule has 56 valence electrons. The van der Waals surface area contributed by atoms with Crippen LogP contribution in [0, 0.1) is 3.77 Å². The van der Waals surface area contributed by atoms with Gasteiger partial charge in [0.2, 0.25) is 0 Å². The molecule has 0 bridgehead atoms. The maximum atomic E-state index is 5.67. The molecule has 0 amide bonds. The molecule has 2 N–H and O–H groups in total. The molecule has 1 aromatic carbocycles. The molecule has 0 aliphatic carbocycles. The van der Waals surface area contributed by atoms with Gasteiger partial charge in [0.05, 0.1) is 5.69 Å². The third-order valence-electron chi connectivity index (χ3n) is 1.54. The molecule has 0 atom stereocenters. The van der Waals surface area contributed by atoms with Crippen molar-refractivity contribution in [3.8, 4) is 0 Å². The Hall–Kier alpha value is -0.710. The second kappa shape index (κ2) is 2.41. The fourth-order valence-corrected chi connectivity index (χ4v) is 1.61. The van der Waals surface area contributed by atoms with E-state index in [0.29, 0.717) is 5.69 Å². The highest BCUT2D eigenvalue weighted by Crippen LogP contribution is 2.24. The molecule has 2 nitrogen and oxygen atoms in total. The van der Waals surface area contributed by atoms with Gasteiger partial charge in [-0.2, -0.15) is 0 Å². The van der Waals surface area contributed by atoms with Crippen LogP contribution in [-0.4, -0.2) is 0 Å². The Balaban J connectivity index is 2.90. The Labute approximate surface area is 77.5 Å². The van der Waals surface area contributed by atoms with Gasteiger partial charge in [0.25, 0.3) is 0 Å². The quantitative estimate of drug-likeness (QED) is 0.583. The van der Waals surface area contributed by atoms with Crippen LogP contribution in [0.4, 0.5) is 5.69 Å². The van der Waals surface area contributed by atoms with Crippen molar-refractivity contribution in [1.29, 1.82) is 0 Å². The number of anilines is 1. The number of benzene rings is 1. The molecular formula is C8H6INO. The normalized spacial score (nSPS) is 10.6. The lowest BCUT2D eigenvalue weighted by Gasteiger charge is -1.91. The zero-order chi connectivity index (χ0) is 7.84. The van der Waals surface area contributed by atoms with E-state index in [2.05, 4.69) is 22.6 Å². The minimum Gasteiger partial charge on any atom is -0.448 e.